The Morgan fingerprint density at radius 1 is 1.12 bits per heavy atom. The monoisotopic (exact) mass is 335 g/mol. The highest BCUT2D eigenvalue weighted by atomic mass is 19.4. The topological polar surface area (TPSA) is 67.0 Å². The van der Waals surface area contributed by atoms with Crippen LogP contribution in [0.3, 0.4) is 0 Å². The van der Waals surface area contributed by atoms with Gasteiger partial charge in [-0.1, -0.05) is 36.4 Å². The number of amides is 1. The van der Waals surface area contributed by atoms with Gasteiger partial charge in [0.05, 0.1) is 5.52 Å². The summed E-state index contributed by atoms with van der Waals surface area (Å²) in [5.74, 6) is -0.841. The number of carbonyl (C=O) groups excluding carboxylic acids is 1. The van der Waals surface area contributed by atoms with Crippen molar-refractivity contribution in [2.24, 2.45) is 0 Å². The second-order valence-corrected chi connectivity index (χ2v) is 4.96. The molecule has 2 N–H and O–H groups in total. The summed E-state index contributed by atoms with van der Waals surface area (Å²) >= 11 is 0. The number of alkyl halides is 3. The fraction of sp³-hybridized carbons (Fsp3) is 0.125. The van der Waals surface area contributed by atoms with Crippen LogP contribution in [0.1, 0.15) is 16.1 Å². The highest BCUT2D eigenvalue weighted by Crippen LogP contribution is 2.26. The summed E-state index contributed by atoms with van der Waals surface area (Å²) in [7, 11) is 0. The molecule has 1 heterocycles. The highest BCUT2D eigenvalue weighted by molar-refractivity contribution is 6.04. The molecule has 24 heavy (non-hydrogen) atoms. The minimum Gasteiger partial charge on any atom is -0.405 e. The predicted octanol–water partition coefficient (Wildman–Crippen LogP) is 3.39. The minimum atomic E-state index is -4.79. The number of benzene rings is 2. The van der Waals surface area contributed by atoms with Crippen LogP contribution in [0.2, 0.25) is 0 Å². The zero-order valence-corrected chi connectivity index (χ0v) is 12.2. The lowest BCUT2D eigenvalue weighted by Gasteiger charge is -2.13. The molecule has 0 aliphatic carbocycles. The molecule has 0 radical (unpaired) electrons. The molecule has 124 valence electrons. The largest absolute Gasteiger partial charge is 0.573 e. The van der Waals surface area contributed by atoms with Crippen LogP contribution in [0.4, 0.5) is 13.2 Å². The lowest BCUT2D eigenvalue weighted by atomic mass is 10.2. The van der Waals surface area contributed by atoms with Gasteiger partial charge >= 0.3 is 6.36 Å². The normalized spacial score (nSPS) is 11.5. The Bertz CT molecular complexity index is 874. The average Bonchev–Trinajstić information content (AvgIpc) is 2.96. The first kappa shape index (κ1) is 15.9. The summed E-state index contributed by atoms with van der Waals surface area (Å²) in [5.41, 5.74) is 1.09. The van der Waals surface area contributed by atoms with Crippen LogP contribution >= 0.6 is 0 Å². The summed E-state index contributed by atoms with van der Waals surface area (Å²) in [6, 6.07) is 12.7. The third-order valence-corrected chi connectivity index (χ3v) is 3.32. The van der Waals surface area contributed by atoms with E-state index in [1.54, 1.807) is 30.3 Å². The second kappa shape index (κ2) is 6.23. The summed E-state index contributed by atoms with van der Waals surface area (Å²) in [6.45, 7) is -0.119. The average molecular weight is 335 g/mol. The van der Waals surface area contributed by atoms with Crippen LogP contribution in [0, 0.1) is 0 Å². The number of hydrogen-bond acceptors (Lipinski definition) is 3. The molecule has 0 atom stereocenters. The first-order valence-electron chi connectivity index (χ1n) is 6.99. The number of ether oxygens (including phenoxy) is 1. The van der Waals surface area contributed by atoms with E-state index in [1.807, 2.05) is 0 Å². The third-order valence-electron chi connectivity index (χ3n) is 3.32. The molecule has 5 nitrogen and oxygen atoms in total. The summed E-state index contributed by atoms with van der Waals surface area (Å²) in [6.07, 6.45) is -4.79. The molecule has 0 saturated heterocycles. The number of fused-ring (bicyclic) bond motifs is 1. The van der Waals surface area contributed by atoms with Crippen molar-refractivity contribution in [1.82, 2.24) is 15.5 Å². The van der Waals surface area contributed by atoms with E-state index in [-0.39, 0.29) is 23.6 Å². The molecule has 2 aromatic carbocycles. The van der Waals surface area contributed by atoms with Crippen LogP contribution < -0.4 is 10.1 Å². The fourth-order valence-corrected chi connectivity index (χ4v) is 2.27. The van der Waals surface area contributed by atoms with Gasteiger partial charge in [-0.2, -0.15) is 5.10 Å². The van der Waals surface area contributed by atoms with Gasteiger partial charge in [-0.05, 0) is 12.1 Å². The van der Waals surface area contributed by atoms with Crippen molar-refractivity contribution >= 4 is 16.8 Å². The van der Waals surface area contributed by atoms with Crippen molar-refractivity contribution in [3.63, 3.8) is 0 Å². The molecule has 3 rings (SSSR count). The first-order chi connectivity index (χ1) is 11.4. The molecule has 0 aliphatic heterocycles. The zero-order valence-electron chi connectivity index (χ0n) is 12.2. The van der Waals surface area contributed by atoms with Gasteiger partial charge in [0.1, 0.15) is 5.75 Å². The quantitative estimate of drug-likeness (QED) is 0.768. The van der Waals surface area contributed by atoms with Crippen molar-refractivity contribution in [3.8, 4) is 5.75 Å². The van der Waals surface area contributed by atoms with E-state index in [0.717, 1.165) is 0 Å². The molecule has 0 bridgehead atoms. The molecular weight excluding hydrogens is 323 g/mol. The number of carbonyl (C=O) groups is 1. The molecule has 1 aromatic heterocycles. The smallest absolute Gasteiger partial charge is 0.405 e. The van der Waals surface area contributed by atoms with E-state index in [0.29, 0.717) is 10.9 Å². The Kier molecular flexibility index (Phi) is 4.11. The van der Waals surface area contributed by atoms with Gasteiger partial charge < -0.3 is 10.1 Å². The number of nitrogens with one attached hydrogen (secondary N) is 2. The lowest BCUT2D eigenvalue weighted by Crippen LogP contribution is -2.25. The number of rotatable bonds is 4. The van der Waals surface area contributed by atoms with Crippen LogP contribution in [-0.4, -0.2) is 22.5 Å². The van der Waals surface area contributed by atoms with Crippen LogP contribution in [0.15, 0.2) is 48.5 Å². The van der Waals surface area contributed by atoms with Crippen molar-refractivity contribution in [3.05, 3.63) is 59.8 Å². The van der Waals surface area contributed by atoms with Crippen LogP contribution in [0.25, 0.3) is 10.9 Å². The molecule has 8 heteroatoms. The van der Waals surface area contributed by atoms with Crippen LogP contribution in [0.5, 0.6) is 5.75 Å². The number of aromatic nitrogens is 2. The van der Waals surface area contributed by atoms with Gasteiger partial charge in [0.25, 0.3) is 5.91 Å². The predicted molar refractivity (Wildman–Crippen MR) is 80.4 cm³/mol. The number of aromatic amines is 1. The molecule has 0 unspecified atom stereocenters. The molecule has 0 fully saturated rings. The van der Waals surface area contributed by atoms with Crippen molar-refractivity contribution in [2.75, 3.05) is 0 Å². The van der Waals surface area contributed by atoms with Crippen molar-refractivity contribution < 1.29 is 22.7 Å². The lowest BCUT2D eigenvalue weighted by molar-refractivity contribution is -0.274. The van der Waals surface area contributed by atoms with Gasteiger partial charge in [-0.25, -0.2) is 0 Å². The van der Waals surface area contributed by atoms with E-state index in [4.69, 9.17) is 0 Å². The second-order valence-electron chi connectivity index (χ2n) is 4.96. The van der Waals surface area contributed by atoms with E-state index < -0.39 is 12.3 Å². The van der Waals surface area contributed by atoms with Crippen LogP contribution in [-0.2, 0) is 6.54 Å². The van der Waals surface area contributed by atoms with Gasteiger partial charge in [0, 0.05) is 17.5 Å². The number of para-hydroxylation sites is 2. The summed E-state index contributed by atoms with van der Waals surface area (Å²) < 4.78 is 41.1. The standard InChI is InChI=1S/C16H12F3N3O2/c17-16(18,19)24-13-8-4-1-5-10(13)9-20-15(23)14-11-6-2-3-7-12(11)21-22-14/h1-8H,9H2,(H,20,23)(H,21,22). The van der Waals surface area contributed by atoms with Gasteiger partial charge in [-0.15, -0.1) is 13.2 Å². The summed E-state index contributed by atoms with van der Waals surface area (Å²) in [4.78, 5) is 12.2. The Labute approximate surface area is 134 Å². The Balaban J connectivity index is 1.75. The molecule has 1 amide bonds. The molecule has 0 spiro atoms. The number of H-pyrrole nitrogens is 1. The Morgan fingerprint density at radius 3 is 2.62 bits per heavy atom. The van der Waals surface area contributed by atoms with Crippen molar-refractivity contribution in [1.29, 1.82) is 0 Å². The number of halogens is 3. The first-order valence-corrected chi connectivity index (χ1v) is 6.99. The minimum absolute atomic E-state index is 0.119. The number of hydrogen-bond donors (Lipinski definition) is 2. The molecule has 0 aliphatic rings. The maximum absolute atomic E-state index is 12.4. The van der Waals surface area contributed by atoms with Gasteiger partial charge in [0.2, 0.25) is 0 Å². The van der Waals surface area contributed by atoms with Gasteiger partial charge in [-0.3, -0.25) is 9.89 Å². The SMILES string of the molecule is O=C(NCc1ccccc1OC(F)(F)F)c1n[nH]c2ccccc12. The Morgan fingerprint density at radius 2 is 1.83 bits per heavy atom. The third kappa shape index (κ3) is 3.48. The maximum atomic E-state index is 12.4. The highest BCUT2D eigenvalue weighted by Gasteiger charge is 2.32. The van der Waals surface area contributed by atoms with Gasteiger partial charge in [0.15, 0.2) is 5.69 Å². The van der Waals surface area contributed by atoms with E-state index in [9.17, 15) is 18.0 Å². The molecule has 3 aromatic rings. The Hall–Kier alpha value is -3.03. The van der Waals surface area contributed by atoms with Crippen molar-refractivity contribution in [2.45, 2.75) is 12.9 Å². The molecule has 0 saturated carbocycles. The van der Waals surface area contributed by atoms with E-state index in [1.165, 1.54) is 18.2 Å². The zero-order chi connectivity index (χ0) is 17.2. The van der Waals surface area contributed by atoms with E-state index in [2.05, 4.69) is 20.3 Å². The maximum Gasteiger partial charge on any atom is 0.573 e. The van der Waals surface area contributed by atoms with E-state index >= 15 is 0 Å². The molecular formula is C16H12F3N3O2. The number of nitrogens with zero attached hydrogens (tertiary/aromatic N) is 1. The summed E-state index contributed by atoms with van der Waals surface area (Å²) in [5, 5.41) is 9.85. The fourth-order valence-electron chi connectivity index (χ4n) is 2.27.